The minimum Gasteiger partial charge on any atom is -0.495 e. The number of methoxy groups -OCH3 is 1. The van der Waals surface area contributed by atoms with Crippen LogP contribution in [-0.2, 0) is 0 Å². The maximum atomic E-state index is 5.49. The Hall–Kier alpha value is -1.55. The molecule has 1 heterocycles. The van der Waals surface area contributed by atoms with E-state index in [1.54, 1.807) is 13.3 Å². The van der Waals surface area contributed by atoms with Crippen molar-refractivity contribution in [3.63, 3.8) is 0 Å². The first kappa shape index (κ1) is 13.9. The minimum absolute atomic E-state index is 0.865. The van der Waals surface area contributed by atoms with Crippen molar-refractivity contribution in [2.45, 2.75) is 13.8 Å². The molecule has 0 radical (unpaired) electrons. The van der Waals surface area contributed by atoms with Crippen LogP contribution in [0.15, 0.2) is 34.9 Å². The molecule has 0 amide bonds. The summed E-state index contributed by atoms with van der Waals surface area (Å²) in [5.74, 6) is 1.75. The average Bonchev–Trinajstić information content (AvgIpc) is 2.38. The summed E-state index contributed by atoms with van der Waals surface area (Å²) in [6.07, 6.45) is 1.79. The van der Waals surface area contributed by atoms with Crippen LogP contribution in [0.3, 0.4) is 0 Å². The van der Waals surface area contributed by atoms with Gasteiger partial charge in [-0.3, -0.25) is 0 Å². The predicted octanol–water partition coefficient (Wildman–Crippen LogP) is 4.24. The number of benzene rings is 1. The third-order valence-corrected chi connectivity index (χ3v) is 3.49. The molecule has 2 aromatic rings. The normalized spacial score (nSPS) is 10.4. The number of anilines is 2. The number of pyridine rings is 1. The van der Waals surface area contributed by atoms with Gasteiger partial charge in [0, 0.05) is 17.7 Å². The smallest absolute Gasteiger partial charge is 0.143 e. The van der Waals surface area contributed by atoms with Crippen LogP contribution in [0.25, 0.3) is 0 Å². The molecule has 3 nitrogen and oxygen atoms in total. The lowest BCUT2D eigenvalue weighted by Gasteiger charge is -2.23. The molecule has 0 saturated heterocycles. The van der Waals surface area contributed by atoms with Gasteiger partial charge in [0.25, 0.3) is 0 Å². The second-order valence-electron chi connectivity index (χ2n) is 4.53. The molecule has 0 aliphatic heterocycles. The Morgan fingerprint density at radius 2 is 1.95 bits per heavy atom. The number of nitrogens with zero attached hydrogens (tertiary/aromatic N) is 2. The van der Waals surface area contributed by atoms with E-state index in [9.17, 15) is 0 Å². The molecule has 100 valence electrons. The summed E-state index contributed by atoms with van der Waals surface area (Å²) in [4.78, 5) is 6.46. The number of hydrogen-bond donors (Lipinski definition) is 0. The van der Waals surface area contributed by atoms with Crippen LogP contribution in [0, 0.1) is 13.8 Å². The maximum Gasteiger partial charge on any atom is 0.143 e. The van der Waals surface area contributed by atoms with Crippen molar-refractivity contribution in [3.8, 4) is 5.75 Å². The highest BCUT2D eigenvalue weighted by molar-refractivity contribution is 9.10. The fourth-order valence-corrected chi connectivity index (χ4v) is 2.42. The van der Waals surface area contributed by atoms with Gasteiger partial charge in [0.1, 0.15) is 11.6 Å². The highest BCUT2D eigenvalue weighted by Crippen LogP contribution is 2.36. The fourth-order valence-electron chi connectivity index (χ4n) is 2.19. The zero-order valence-electron chi connectivity index (χ0n) is 11.6. The molecule has 0 N–H and O–H groups in total. The van der Waals surface area contributed by atoms with Crippen molar-refractivity contribution in [3.05, 3.63) is 46.1 Å². The van der Waals surface area contributed by atoms with Crippen molar-refractivity contribution < 1.29 is 4.74 Å². The van der Waals surface area contributed by atoms with Crippen molar-refractivity contribution in [2.75, 3.05) is 19.1 Å². The summed E-state index contributed by atoms with van der Waals surface area (Å²) < 4.78 is 6.46. The zero-order valence-corrected chi connectivity index (χ0v) is 13.2. The Bertz CT molecular complexity index is 581. The van der Waals surface area contributed by atoms with Crippen molar-refractivity contribution in [1.29, 1.82) is 0 Å². The first-order valence-electron chi connectivity index (χ1n) is 6.03. The van der Waals surface area contributed by atoms with E-state index in [4.69, 9.17) is 4.74 Å². The monoisotopic (exact) mass is 320 g/mol. The molecule has 0 saturated carbocycles. The number of aryl methyl sites for hydroxylation is 2. The molecular formula is C15H17BrN2O. The Morgan fingerprint density at radius 1 is 1.21 bits per heavy atom. The van der Waals surface area contributed by atoms with E-state index in [1.807, 2.05) is 30.1 Å². The first-order valence-corrected chi connectivity index (χ1v) is 6.82. The number of aromatic nitrogens is 1. The highest BCUT2D eigenvalue weighted by Gasteiger charge is 2.14. The molecule has 0 unspecified atom stereocenters. The van der Waals surface area contributed by atoms with Gasteiger partial charge in [-0.1, -0.05) is 6.07 Å². The summed E-state index contributed by atoms with van der Waals surface area (Å²) in [6, 6.07) is 8.14. The molecule has 0 fully saturated rings. The Balaban J connectivity index is 2.49. The molecule has 0 aliphatic rings. The molecule has 0 bridgehead atoms. The molecule has 0 atom stereocenters. The maximum absolute atomic E-state index is 5.49. The standard InChI is InChI=1S/C15H17BrN2O/c1-10-7-11(2)15(13(8-10)19-4)18(3)14-6-5-12(16)9-17-14/h5-9H,1-4H3. The van der Waals surface area contributed by atoms with Gasteiger partial charge < -0.3 is 9.64 Å². The lowest BCUT2D eigenvalue weighted by atomic mass is 10.1. The van der Waals surface area contributed by atoms with Gasteiger partial charge in [-0.25, -0.2) is 4.98 Å². The summed E-state index contributed by atoms with van der Waals surface area (Å²) in [5, 5.41) is 0. The van der Waals surface area contributed by atoms with E-state index in [0.717, 1.165) is 21.7 Å². The third kappa shape index (κ3) is 2.89. The lowest BCUT2D eigenvalue weighted by Crippen LogP contribution is -2.13. The second kappa shape index (κ2) is 5.61. The number of rotatable bonds is 3. The van der Waals surface area contributed by atoms with Crippen LogP contribution in [0.4, 0.5) is 11.5 Å². The van der Waals surface area contributed by atoms with Gasteiger partial charge >= 0.3 is 0 Å². The van der Waals surface area contributed by atoms with Crippen LogP contribution in [-0.4, -0.2) is 19.1 Å². The van der Waals surface area contributed by atoms with Gasteiger partial charge in [-0.05, 0) is 59.1 Å². The van der Waals surface area contributed by atoms with E-state index >= 15 is 0 Å². The first-order chi connectivity index (χ1) is 9.02. The van der Waals surface area contributed by atoms with E-state index in [0.29, 0.717) is 0 Å². The van der Waals surface area contributed by atoms with E-state index < -0.39 is 0 Å². The average molecular weight is 321 g/mol. The van der Waals surface area contributed by atoms with Crippen LogP contribution < -0.4 is 9.64 Å². The van der Waals surface area contributed by atoms with Crippen LogP contribution in [0.1, 0.15) is 11.1 Å². The topological polar surface area (TPSA) is 25.4 Å². The molecule has 1 aromatic carbocycles. The van der Waals surface area contributed by atoms with Gasteiger partial charge in [0.05, 0.1) is 12.8 Å². The largest absolute Gasteiger partial charge is 0.495 e. The quantitative estimate of drug-likeness (QED) is 0.845. The van der Waals surface area contributed by atoms with Gasteiger partial charge in [0.2, 0.25) is 0 Å². The third-order valence-electron chi connectivity index (χ3n) is 3.02. The predicted molar refractivity (Wildman–Crippen MR) is 82.5 cm³/mol. The number of halogens is 1. The summed E-state index contributed by atoms with van der Waals surface area (Å²) in [5.41, 5.74) is 3.40. The van der Waals surface area contributed by atoms with Crippen molar-refractivity contribution >= 4 is 27.4 Å². The number of ether oxygens (including phenoxy) is 1. The zero-order chi connectivity index (χ0) is 14.0. The van der Waals surface area contributed by atoms with Crippen LogP contribution in [0.5, 0.6) is 5.75 Å². The van der Waals surface area contributed by atoms with Crippen LogP contribution in [0.2, 0.25) is 0 Å². The van der Waals surface area contributed by atoms with Gasteiger partial charge in [-0.2, -0.15) is 0 Å². The molecule has 19 heavy (non-hydrogen) atoms. The van der Waals surface area contributed by atoms with Gasteiger partial charge in [0.15, 0.2) is 0 Å². The molecular weight excluding hydrogens is 304 g/mol. The number of hydrogen-bond acceptors (Lipinski definition) is 3. The van der Waals surface area contributed by atoms with E-state index in [2.05, 4.69) is 40.8 Å². The summed E-state index contributed by atoms with van der Waals surface area (Å²) >= 11 is 3.40. The fraction of sp³-hybridized carbons (Fsp3) is 0.267. The molecule has 1 aromatic heterocycles. The van der Waals surface area contributed by atoms with E-state index in [-0.39, 0.29) is 0 Å². The molecule has 0 aliphatic carbocycles. The van der Waals surface area contributed by atoms with Crippen molar-refractivity contribution in [1.82, 2.24) is 4.98 Å². The SMILES string of the molecule is COc1cc(C)cc(C)c1N(C)c1ccc(Br)cn1. The van der Waals surface area contributed by atoms with Crippen LogP contribution >= 0.6 is 15.9 Å². The van der Waals surface area contributed by atoms with E-state index in [1.165, 1.54) is 11.1 Å². The molecule has 4 heteroatoms. The summed E-state index contributed by atoms with van der Waals surface area (Å²) in [6.45, 7) is 4.15. The highest BCUT2D eigenvalue weighted by atomic mass is 79.9. The minimum atomic E-state index is 0.865. The van der Waals surface area contributed by atoms with Crippen molar-refractivity contribution in [2.24, 2.45) is 0 Å². The Labute approximate surface area is 122 Å². The lowest BCUT2D eigenvalue weighted by molar-refractivity contribution is 0.415. The van der Waals surface area contributed by atoms with Gasteiger partial charge in [-0.15, -0.1) is 0 Å². The second-order valence-corrected chi connectivity index (χ2v) is 5.44. The molecule has 0 spiro atoms. The summed E-state index contributed by atoms with van der Waals surface area (Å²) in [7, 11) is 3.69. The Kier molecular flexibility index (Phi) is 4.10. The molecule has 2 rings (SSSR count). The Morgan fingerprint density at radius 3 is 2.53 bits per heavy atom.